The summed E-state index contributed by atoms with van der Waals surface area (Å²) in [5.74, 6) is 4.30. The van der Waals surface area contributed by atoms with Gasteiger partial charge in [-0.15, -0.1) is 0 Å². The van der Waals surface area contributed by atoms with E-state index in [1.807, 2.05) is 13.0 Å². The number of hydrogen-bond acceptors (Lipinski definition) is 4. The van der Waals surface area contributed by atoms with Gasteiger partial charge < -0.3 is 10.6 Å². The summed E-state index contributed by atoms with van der Waals surface area (Å²) in [5.41, 5.74) is 0. The van der Waals surface area contributed by atoms with E-state index in [-0.39, 0.29) is 0 Å². The first-order valence-electron chi connectivity index (χ1n) is 8.00. The first-order chi connectivity index (χ1) is 9.63. The van der Waals surface area contributed by atoms with Crippen LogP contribution >= 0.6 is 0 Å². The summed E-state index contributed by atoms with van der Waals surface area (Å²) in [6.07, 6.45) is 4.97. The molecule has 4 heteroatoms. The fraction of sp³-hybridized carbons (Fsp3) is 0.750. The molecular formula is C16H28N4. The molecule has 112 valence electrons. The van der Waals surface area contributed by atoms with E-state index in [9.17, 15) is 0 Å². The van der Waals surface area contributed by atoms with Crippen LogP contribution in [0.4, 0.5) is 11.6 Å². The molecule has 1 aromatic heterocycles. The second kappa shape index (κ2) is 6.91. The summed E-state index contributed by atoms with van der Waals surface area (Å²) in [5, 5.41) is 6.96. The van der Waals surface area contributed by atoms with Crippen LogP contribution in [0.5, 0.6) is 0 Å². The maximum atomic E-state index is 4.53. The SMILES string of the molecule is CCCNc1cc(NC2CCC(CC)C2C)nc(C)n1. The second-order valence-electron chi connectivity index (χ2n) is 5.97. The van der Waals surface area contributed by atoms with Crippen LogP contribution in [0.1, 0.15) is 52.3 Å². The summed E-state index contributed by atoms with van der Waals surface area (Å²) >= 11 is 0. The van der Waals surface area contributed by atoms with Gasteiger partial charge >= 0.3 is 0 Å². The van der Waals surface area contributed by atoms with Crippen molar-refractivity contribution < 1.29 is 0 Å². The largest absolute Gasteiger partial charge is 0.370 e. The normalized spacial score (nSPS) is 25.7. The Kier molecular flexibility index (Phi) is 5.21. The molecular weight excluding hydrogens is 248 g/mol. The smallest absolute Gasteiger partial charge is 0.132 e. The van der Waals surface area contributed by atoms with E-state index in [2.05, 4.69) is 41.4 Å². The van der Waals surface area contributed by atoms with Gasteiger partial charge in [0.2, 0.25) is 0 Å². The fourth-order valence-electron chi connectivity index (χ4n) is 3.20. The molecule has 0 spiro atoms. The lowest BCUT2D eigenvalue weighted by atomic mass is 9.93. The number of nitrogens with one attached hydrogen (secondary N) is 2. The van der Waals surface area contributed by atoms with Crippen LogP contribution in [0.15, 0.2) is 6.07 Å². The standard InChI is InChI=1S/C16H28N4/c1-5-9-17-15-10-16(19-12(4)18-15)20-14-8-7-13(6-2)11(14)3/h10-11,13-14H,5-9H2,1-4H3,(H2,17,18,19,20). The minimum atomic E-state index is 0.549. The van der Waals surface area contributed by atoms with Crippen LogP contribution in [0.25, 0.3) is 0 Å². The summed E-state index contributed by atoms with van der Waals surface area (Å²) in [6.45, 7) is 9.72. The molecule has 0 aliphatic heterocycles. The highest BCUT2D eigenvalue weighted by Gasteiger charge is 2.31. The number of anilines is 2. The predicted octanol–water partition coefficient (Wildman–Crippen LogP) is 3.84. The number of hydrogen-bond donors (Lipinski definition) is 2. The molecule has 1 aromatic rings. The number of rotatable bonds is 6. The maximum absolute atomic E-state index is 4.53. The zero-order chi connectivity index (χ0) is 14.5. The van der Waals surface area contributed by atoms with Crippen LogP contribution in [0.3, 0.4) is 0 Å². The summed E-state index contributed by atoms with van der Waals surface area (Å²) < 4.78 is 0. The summed E-state index contributed by atoms with van der Waals surface area (Å²) in [4.78, 5) is 8.96. The topological polar surface area (TPSA) is 49.8 Å². The molecule has 0 amide bonds. The van der Waals surface area contributed by atoms with Crippen molar-refractivity contribution in [3.05, 3.63) is 11.9 Å². The Morgan fingerprint density at radius 2 is 1.95 bits per heavy atom. The third kappa shape index (κ3) is 3.62. The third-order valence-corrected chi connectivity index (χ3v) is 4.48. The van der Waals surface area contributed by atoms with Gasteiger partial charge in [-0.3, -0.25) is 0 Å². The first-order valence-corrected chi connectivity index (χ1v) is 8.00. The van der Waals surface area contributed by atoms with Gasteiger partial charge in [-0.1, -0.05) is 27.2 Å². The molecule has 1 heterocycles. The highest BCUT2D eigenvalue weighted by Crippen LogP contribution is 2.35. The average Bonchev–Trinajstić information content (AvgIpc) is 2.77. The minimum Gasteiger partial charge on any atom is -0.370 e. The van der Waals surface area contributed by atoms with Crippen molar-refractivity contribution in [2.45, 2.75) is 59.4 Å². The lowest BCUT2D eigenvalue weighted by Gasteiger charge is -2.22. The molecule has 0 bridgehead atoms. The van der Waals surface area contributed by atoms with Gasteiger partial charge in [0.25, 0.3) is 0 Å². The highest BCUT2D eigenvalue weighted by atomic mass is 15.1. The van der Waals surface area contributed by atoms with Crippen molar-refractivity contribution in [3.63, 3.8) is 0 Å². The zero-order valence-corrected chi connectivity index (χ0v) is 13.2. The molecule has 1 saturated carbocycles. The monoisotopic (exact) mass is 276 g/mol. The number of aryl methyl sites for hydroxylation is 1. The Labute approximate surface area is 122 Å². The van der Waals surface area contributed by atoms with Crippen molar-refractivity contribution in [1.29, 1.82) is 0 Å². The van der Waals surface area contributed by atoms with Crippen molar-refractivity contribution in [2.24, 2.45) is 11.8 Å². The minimum absolute atomic E-state index is 0.549. The fourth-order valence-corrected chi connectivity index (χ4v) is 3.20. The quantitative estimate of drug-likeness (QED) is 0.828. The Morgan fingerprint density at radius 3 is 2.60 bits per heavy atom. The van der Waals surface area contributed by atoms with Gasteiger partial charge in [0.05, 0.1) is 0 Å². The molecule has 2 N–H and O–H groups in total. The van der Waals surface area contributed by atoms with Crippen molar-refractivity contribution in [1.82, 2.24) is 9.97 Å². The van der Waals surface area contributed by atoms with E-state index in [1.54, 1.807) is 0 Å². The van der Waals surface area contributed by atoms with Gasteiger partial charge in [0.15, 0.2) is 0 Å². The van der Waals surface area contributed by atoms with Crippen LogP contribution in [0, 0.1) is 18.8 Å². The van der Waals surface area contributed by atoms with Crippen LogP contribution in [-0.4, -0.2) is 22.6 Å². The van der Waals surface area contributed by atoms with Crippen molar-refractivity contribution in [2.75, 3.05) is 17.2 Å². The molecule has 0 aromatic carbocycles. The molecule has 4 nitrogen and oxygen atoms in total. The lowest BCUT2D eigenvalue weighted by molar-refractivity contribution is 0.391. The van der Waals surface area contributed by atoms with Crippen LogP contribution in [0.2, 0.25) is 0 Å². The van der Waals surface area contributed by atoms with Crippen molar-refractivity contribution in [3.8, 4) is 0 Å². The van der Waals surface area contributed by atoms with E-state index in [0.717, 1.165) is 42.3 Å². The van der Waals surface area contributed by atoms with Gasteiger partial charge in [0.1, 0.15) is 17.5 Å². The van der Waals surface area contributed by atoms with Crippen LogP contribution < -0.4 is 10.6 Å². The second-order valence-corrected chi connectivity index (χ2v) is 5.97. The Balaban J connectivity index is 2.03. The average molecular weight is 276 g/mol. The van der Waals surface area contributed by atoms with E-state index in [1.165, 1.54) is 19.3 Å². The zero-order valence-electron chi connectivity index (χ0n) is 13.2. The van der Waals surface area contributed by atoms with Crippen molar-refractivity contribution >= 4 is 11.6 Å². The first kappa shape index (κ1) is 15.1. The maximum Gasteiger partial charge on any atom is 0.132 e. The molecule has 1 aliphatic carbocycles. The third-order valence-electron chi connectivity index (χ3n) is 4.48. The van der Waals surface area contributed by atoms with Gasteiger partial charge in [-0.05, 0) is 38.0 Å². The van der Waals surface area contributed by atoms with Gasteiger partial charge in [0, 0.05) is 18.7 Å². The van der Waals surface area contributed by atoms with Crippen LogP contribution in [-0.2, 0) is 0 Å². The molecule has 1 fully saturated rings. The van der Waals surface area contributed by atoms with Gasteiger partial charge in [-0.2, -0.15) is 0 Å². The molecule has 0 saturated heterocycles. The lowest BCUT2D eigenvalue weighted by Crippen LogP contribution is -2.25. The Hall–Kier alpha value is -1.32. The highest BCUT2D eigenvalue weighted by molar-refractivity contribution is 5.48. The van der Waals surface area contributed by atoms with Gasteiger partial charge in [-0.25, -0.2) is 9.97 Å². The molecule has 20 heavy (non-hydrogen) atoms. The van der Waals surface area contributed by atoms with E-state index in [4.69, 9.17) is 0 Å². The summed E-state index contributed by atoms with van der Waals surface area (Å²) in [7, 11) is 0. The molecule has 2 rings (SSSR count). The molecule has 3 atom stereocenters. The number of nitrogens with zero attached hydrogens (tertiary/aromatic N) is 2. The Morgan fingerprint density at radius 1 is 1.20 bits per heavy atom. The van der Waals surface area contributed by atoms with E-state index >= 15 is 0 Å². The van der Waals surface area contributed by atoms with E-state index in [0.29, 0.717) is 6.04 Å². The Bertz CT molecular complexity index is 432. The predicted molar refractivity (Wildman–Crippen MR) is 85.1 cm³/mol. The summed E-state index contributed by atoms with van der Waals surface area (Å²) in [6, 6.07) is 2.59. The molecule has 0 radical (unpaired) electrons. The molecule has 3 unspecified atom stereocenters. The number of aromatic nitrogens is 2. The molecule has 1 aliphatic rings. The van der Waals surface area contributed by atoms with E-state index < -0.39 is 0 Å².